The molecule has 2 aromatic rings. The van der Waals surface area contributed by atoms with E-state index in [1.54, 1.807) is 30.3 Å². The lowest BCUT2D eigenvalue weighted by Gasteiger charge is -2.07. The van der Waals surface area contributed by atoms with Crippen molar-refractivity contribution < 1.29 is 22.7 Å². The summed E-state index contributed by atoms with van der Waals surface area (Å²) < 4.78 is 37.8. The van der Waals surface area contributed by atoms with Crippen molar-refractivity contribution in [2.24, 2.45) is 0 Å². The maximum absolute atomic E-state index is 13.6. The molecule has 0 bridgehead atoms. The second kappa shape index (κ2) is 6.05. The van der Waals surface area contributed by atoms with Gasteiger partial charge in [-0.2, -0.15) is 0 Å². The van der Waals surface area contributed by atoms with Crippen LogP contribution in [0.2, 0.25) is 0 Å². The number of carbonyl (C=O) groups is 1. The highest BCUT2D eigenvalue weighted by molar-refractivity contribution is 7.89. The van der Waals surface area contributed by atoms with Crippen LogP contribution in [0.15, 0.2) is 48.5 Å². The molecule has 110 valence electrons. The minimum absolute atomic E-state index is 0.133. The molecule has 0 atom stereocenters. The number of hydrogen-bond acceptors (Lipinski definition) is 3. The molecule has 0 unspecified atom stereocenters. The van der Waals surface area contributed by atoms with Gasteiger partial charge in [0.25, 0.3) is 0 Å². The molecule has 0 amide bonds. The van der Waals surface area contributed by atoms with Gasteiger partial charge in [0.05, 0.1) is 17.1 Å². The molecule has 0 aromatic heterocycles. The van der Waals surface area contributed by atoms with Gasteiger partial charge in [-0.3, -0.25) is 0 Å². The van der Waals surface area contributed by atoms with Gasteiger partial charge >= 0.3 is 5.97 Å². The van der Waals surface area contributed by atoms with Gasteiger partial charge in [-0.15, -0.1) is 0 Å². The Morgan fingerprint density at radius 2 is 1.71 bits per heavy atom. The van der Waals surface area contributed by atoms with Gasteiger partial charge in [0, 0.05) is 5.56 Å². The third-order valence-corrected chi connectivity index (χ3v) is 4.42. The number of benzene rings is 2. The van der Waals surface area contributed by atoms with Crippen LogP contribution >= 0.6 is 0 Å². The second-order valence-corrected chi connectivity index (χ2v) is 6.69. The molecular weight excluding hydrogens is 295 g/mol. The van der Waals surface area contributed by atoms with Gasteiger partial charge in [-0.25, -0.2) is 17.6 Å². The molecule has 0 aliphatic carbocycles. The van der Waals surface area contributed by atoms with Crippen LogP contribution in [0.3, 0.4) is 0 Å². The van der Waals surface area contributed by atoms with E-state index < -0.39 is 27.4 Å². The lowest BCUT2D eigenvalue weighted by molar-refractivity contribution is 0.0696. The Morgan fingerprint density at radius 3 is 2.33 bits per heavy atom. The van der Waals surface area contributed by atoms with E-state index in [9.17, 15) is 17.6 Å². The van der Waals surface area contributed by atoms with Crippen LogP contribution in [0.1, 0.15) is 21.5 Å². The van der Waals surface area contributed by atoms with E-state index in [-0.39, 0.29) is 16.9 Å². The van der Waals surface area contributed by atoms with Crippen LogP contribution < -0.4 is 0 Å². The van der Waals surface area contributed by atoms with E-state index in [0.29, 0.717) is 5.56 Å². The molecule has 0 heterocycles. The molecule has 0 radical (unpaired) electrons. The Kier molecular flexibility index (Phi) is 4.37. The molecule has 21 heavy (non-hydrogen) atoms. The zero-order chi connectivity index (χ0) is 15.5. The highest BCUT2D eigenvalue weighted by Gasteiger charge is 2.17. The summed E-state index contributed by atoms with van der Waals surface area (Å²) in [4.78, 5) is 10.8. The standard InChI is InChI=1S/C15H13FO4S/c16-14-7-6-12(15(17)18)8-13(14)10-21(19,20)9-11-4-2-1-3-5-11/h1-8H,9-10H2,(H,17,18). The minimum Gasteiger partial charge on any atom is -0.478 e. The first-order valence-electron chi connectivity index (χ1n) is 6.13. The normalized spacial score (nSPS) is 11.3. The summed E-state index contributed by atoms with van der Waals surface area (Å²) in [6.45, 7) is 0. The van der Waals surface area contributed by atoms with Crippen LogP contribution in [0.5, 0.6) is 0 Å². The number of aromatic carboxylic acids is 1. The molecule has 0 saturated carbocycles. The third kappa shape index (κ3) is 4.13. The Balaban J connectivity index is 2.24. The average Bonchev–Trinajstić information content (AvgIpc) is 2.41. The van der Waals surface area contributed by atoms with Crippen molar-refractivity contribution in [3.05, 3.63) is 71.0 Å². The van der Waals surface area contributed by atoms with Gasteiger partial charge in [0.15, 0.2) is 9.84 Å². The van der Waals surface area contributed by atoms with Crippen LogP contribution in [-0.2, 0) is 21.3 Å². The summed E-state index contributed by atoms with van der Waals surface area (Å²) in [6, 6.07) is 11.7. The van der Waals surface area contributed by atoms with Crippen LogP contribution in [0.4, 0.5) is 4.39 Å². The Hall–Kier alpha value is -2.21. The van der Waals surface area contributed by atoms with Crippen molar-refractivity contribution in [3.8, 4) is 0 Å². The molecule has 4 nitrogen and oxygen atoms in total. The van der Waals surface area contributed by atoms with Crippen molar-refractivity contribution >= 4 is 15.8 Å². The Morgan fingerprint density at radius 1 is 1.05 bits per heavy atom. The van der Waals surface area contributed by atoms with Crippen LogP contribution in [-0.4, -0.2) is 19.5 Å². The topological polar surface area (TPSA) is 71.4 Å². The molecule has 0 spiro atoms. The largest absolute Gasteiger partial charge is 0.478 e. The fourth-order valence-corrected chi connectivity index (χ4v) is 3.43. The number of halogens is 1. The summed E-state index contributed by atoms with van der Waals surface area (Å²) in [5.74, 6) is -2.70. The summed E-state index contributed by atoms with van der Waals surface area (Å²) in [5, 5.41) is 8.86. The molecule has 0 aliphatic rings. The summed E-state index contributed by atoms with van der Waals surface area (Å²) in [7, 11) is -3.59. The van der Waals surface area contributed by atoms with E-state index in [1.165, 1.54) is 0 Å². The number of rotatable bonds is 5. The lowest BCUT2D eigenvalue weighted by atomic mass is 10.1. The maximum Gasteiger partial charge on any atom is 0.335 e. The van der Waals surface area contributed by atoms with Crippen molar-refractivity contribution in [2.45, 2.75) is 11.5 Å². The van der Waals surface area contributed by atoms with Gasteiger partial charge < -0.3 is 5.11 Å². The second-order valence-electron chi connectivity index (χ2n) is 4.63. The molecule has 0 aliphatic heterocycles. The summed E-state index contributed by atoms with van der Waals surface area (Å²) in [5.41, 5.74) is 0.333. The van der Waals surface area contributed by atoms with Crippen LogP contribution in [0, 0.1) is 5.82 Å². The zero-order valence-corrected chi connectivity index (χ0v) is 11.8. The van der Waals surface area contributed by atoms with E-state index in [2.05, 4.69) is 0 Å². The van der Waals surface area contributed by atoms with Crippen molar-refractivity contribution in [1.82, 2.24) is 0 Å². The van der Waals surface area contributed by atoms with Gasteiger partial charge in [0.1, 0.15) is 5.82 Å². The number of carboxylic acids is 1. The molecule has 0 fully saturated rings. The molecular formula is C15H13FO4S. The van der Waals surface area contributed by atoms with Crippen molar-refractivity contribution in [1.29, 1.82) is 0 Å². The van der Waals surface area contributed by atoms with E-state index >= 15 is 0 Å². The predicted octanol–water partition coefficient (Wildman–Crippen LogP) is 2.64. The van der Waals surface area contributed by atoms with Gasteiger partial charge in [-0.1, -0.05) is 30.3 Å². The Bertz CT molecular complexity index is 754. The first-order valence-corrected chi connectivity index (χ1v) is 7.95. The van der Waals surface area contributed by atoms with Gasteiger partial charge in [0.2, 0.25) is 0 Å². The highest BCUT2D eigenvalue weighted by Crippen LogP contribution is 2.17. The molecule has 2 aromatic carbocycles. The van der Waals surface area contributed by atoms with Crippen molar-refractivity contribution in [3.63, 3.8) is 0 Å². The van der Waals surface area contributed by atoms with Gasteiger partial charge in [-0.05, 0) is 23.8 Å². The maximum atomic E-state index is 13.6. The lowest BCUT2D eigenvalue weighted by Crippen LogP contribution is -2.10. The smallest absolute Gasteiger partial charge is 0.335 e. The van der Waals surface area contributed by atoms with E-state index in [4.69, 9.17) is 5.11 Å². The monoisotopic (exact) mass is 308 g/mol. The highest BCUT2D eigenvalue weighted by atomic mass is 32.2. The quantitative estimate of drug-likeness (QED) is 0.921. The molecule has 2 rings (SSSR count). The average molecular weight is 308 g/mol. The zero-order valence-electron chi connectivity index (χ0n) is 11.0. The number of hydrogen-bond donors (Lipinski definition) is 1. The summed E-state index contributed by atoms with van der Waals surface area (Å²) in [6.07, 6.45) is 0. The fraction of sp³-hybridized carbons (Fsp3) is 0.133. The van der Waals surface area contributed by atoms with Crippen molar-refractivity contribution in [2.75, 3.05) is 0 Å². The first-order chi connectivity index (χ1) is 9.87. The Labute approximate surface area is 121 Å². The third-order valence-electron chi connectivity index (χ3n) is 2.90. The van der Waals surface area contributed by atoms with E-state index in [0.717, 1.165) is 18.2 Å². The number of sulfone groups is 1. The van der Waals surface area contributed by atoms with E-state index in [1.807, 2.05) is 0 Å². The minimum atomic E-state index is -3.59. The summed E-state index contributed by atoms with van der Waals surface area (Å²) >= 11 is 0. The first kappa shape index (κ1) is 15.2. The molecule has 0 saturated heterocycles. The fourth-order valence-electron chi connectivity index (χ4n) is 1.93. The van der Waals surface area contributed by atoms with Crippen LogP contribution in [0.25, 0.3) is 0 Å². The molecule has 1 N–H and O–H groups in total. The SMILES string of the molecule is O=C(O)c1ccc(F)c(CS(=O)(=O)Cc2ccccc2)c1. The predicted molar refractivity (Wildman–Crippen MR) is 76.1 cm³/mol. The number of carboxylic acid groups (broad SMARTS) is 1. The molecule has 6 heteroatoms.